The van der Waals surface area contributed by atoms with Gasteiger partial charge in [0.15, 0.2) is 0 Å². The lowest BCUT2D eigenvalue weighted by Gasteiger charge is -2.06. The minimum absolute atomic E-state index is 0.0322. The number of ether oxygens (including phenoxy) is 1. The van der Waals surface area contributed by atoms with Crippen LogP contribution < -0.4 is 10.1 Å². The predicted molar refractivity (Wildman–Crippen MR) is 71.7 cm³/mol. The SMILES string of the molecule is C=CCNC(=O)Cn1ccc2c(OC)cccc21. The molecule has 0 radical (unpaired) electrons. The van der Waals surface area contributed by atoms with E-state index >= 15 is 0 Å². The van der Waals surface area contributed by atoms with E-state index in [1.165, 1.54) is 0 Å². The summed E-state index contributed by atoms with van der Waals surface area (Å²) in [4.78, 5) is 11.7. The Labute approximate surface area is 106 Å². The largest absolute Gasteiger partial charge is 0.496 e. The van der Waals surface area contributed by atoms with Gasteiger partial charge in [0.1, 0.15) is 12.3 Å². The number of fused-ring (bicyclic) bond motifs is 1. The third kappa shape index (κ3) is 2.37. The van der Waals surface area contributed by atoms with Crippen molar-refractivity contribution in [1.82, 2.24) is 9.88 Å². The highest BCUT2D eigenvalue weighted by Gasteiger charge is 2.08. The van der Waals surface area contributed by atoms with Crippen molar-refractivity contribution in [3.63, 3.8) is 0 Å². The van der Waals surface area contributed by atoms with Gasteiger partial charge in [0.2, 0.25) is 5.91 Å². The number of carbonyl (C=O) groups is 1. The Kier molecular flexibility index (Phi) is 3.67. The molecule has 1 aromatic heterocycles. The first-order chi connectivity index (χ1) is 8.76. The Hall–Kier alpha value is -2.23. The van der Waals surface area contributed by atoms with Crippen LogP contribution in [0.2, 0.25) is 0 Å². The second-order valence-corrected chi connectivity index (χ2v) is 3.93. The summed E-state index contributed by atoms with van der Waals surface area (Å²) in [6, 6.07) is 7.75. The van der Waals surface area contributed by atoms with Crippen molar-refractivity contribution in [3.8, 4) is 5.75 Å². The van der Waals surface area contributed by atoms with Crippen LogP contribution in [0.25, 0.3) is 10.9 Å². The minimum atomic E-state index is -0.0322. The zero-order valence-corrected chi connectivity index (χ0v) is 10.3. The molecule has 0 bridgehead atoms. The number of nitrogens with zero attached hydrogens (tertiary/aromatic N) is 1. The second kappa shape index (κ2) is 5.40. The standard InChI is InChI=1S/C14H16N2O2/c1-3-8-15-14(17)10-16-9-7-11-12(16)5-4-6-13(11)18-2/h3-7,9H,1,8,10H2,2H3,(H,15,17). The topological polar surface area (TPSA) is 43.3 Å². The van der Waals surface area contributed by atoms with Crippen LogP contribution in [0.15, 0.2) is 43.1 Å². The lowest BCUT2D eigenvalue weighted by Crippen LogP contribution is -2.27. The molecule has 2 aromatic rings. The molecular weight excluding hydrogens is 228 g/mol. The van der Waals surface area contributed by atoms with E-state index in [0.29, 0.717) is 13.1 Å². The van der Waals surface area contributed by atoms with E-state index in [0.717, 1.165) is 16.7 Å². The molecule has 0 spiro atoms. The second-order valence-electron chi connectivity index (χ2n) is 3.93. The fraction of sp³-hybridized carbons (Fsp3) is 0.214. The van der Waals surface area contributed by atoms with Gasteiger partial charge in [-0.3, -0.25) is 4.79 Å². The summed E-state index contributed by atoms with van der Waals surface area (Å²) in [5.41, 5.74) is 0.989. The van der Waals surface area contributed by atoms with E-state index < -0.39 is 0 Å². The Balaban J connectivity index is 2.24. The zero-order chi connectivity index (χ0) is 13.0. The summed E-state index contributed by atoms with van der Waals surface area (Å²) in [6.45, 7) is 4.35. The van der Waals surface area contributed by atoms with Gasteiger partial charge < -0.3 is 14.6 Å². The van der Waals surface area contributed by atoms with Crippen molar-refractivity contribution in [2.24, 2.45) is 0 Å². The zero-order valence-electron chi connectivity index (χ0n) is 10.3. The molecule has 1 heterocycles. The van der Waals surface area contributed by atoms with Crippen molar-refractivity contribution in [2.45, 2.75) is 6.54 Å². The molecule has 0 saturated carbocycles. The molecule has 0 atom stereocenters. The molecule has 0 aliphatic rings. The third-order valence-corrected chi connectivity index (χ3v) is 2.75. The summed E-state index contributed by atoms with van der Waals surface area (Å²) < 4.78 is 7.18. The first kappa shape index (κ1) is 12.2. The van der Waals surface area contributed by atoms with Gasteiger partial charge in [-0.15, -0.1) is 6.58 Å². The van der Waals surface area contributed by atoms with Crippen molar-refractivity contribution >= 4 is 16.8 Å². The molecule has 4 heteroatoms. The summed E-state index contributed by atoms with van der Waals surface area (Å²) >= 11 is 0. The van der Waals surface area contributed by atoms with Crippen LogP contribution in [0.3, 0.4) is 0 Å². The first-order valence-electron chi connectivity index (χ1n) is 5.75. The summed E-state index contributed by atoms with van der Waals surface area (Å²) in [5, 5.41) is 3.77. The van der Waals surface area contributed by atoms with E-state index in [1.807, 2.05) is 35.0 Å². The van der Waals surface area contributed by atoms with Gasteiger partial charge in [-0.1, -0.05) is 12.1 Å². The summed E-state index contributed by atoms with van der Waals surface area (Å²) in [5.74, 6) is 0.785. The molecule has 94 valence electrons. The number of amides is 1. The Morgan fingerprint density at radius 1 is 1.50 bits per heavy atom. The molecular formula is C14H16N2O2. The highest BCUT2D eigenvalue weighted by atomic mass is 16.5. The lowest BCUT2D eigenvalue weighted by atomic mass is 10.2. The fourth-order valence-electron chi connectivity index (χ4n) is 1.91. The maximum atomic E-state index is 11.7. The highest BCUT2D eigenvalue weighted by molar-refractivity contribution is 5.88. The average molecular weight is 244 g/mol. The molecule has 0 unspecified atom stereocenters. The molecule has 0 fully saturated rings. The lowest BCUT2D eigenvalue weighted by molar-refractivity contribution is -0.121. The van der Waals surface area contributed by atoms with Crippen LogP contribution in [0.4, 0.5) is 0 Å². The quantitative estimate of drug-likeness (QED) is 0.817. The number of nitrogens with one attached hydrogen (secondary N) is 1. The smallest absolute Gasteiger partial charge is 0.240 e. The maximum absolute atomic E-state index is 11.7. The van der Waals surface area contributed by atoms with Crippen LogP contribution in [0, 0.1) is 0 Å². The van der Waals surface area contributed by atoms with Gasteiger partial charge in [-0.05, 0) is 18.2 Å². The van der Waals surface area contributed by atoms with Crippen molar-refractivity contribution in [1.29, 1.82) is 0 Å². The van der Waals surface area contributed by atoms with Gasteiger partial charge in [0.25, 0.3) is 0 Å². The van der Waals surface area contributed by atoms with Crippen LogP contribution >= 0.6 is 0 Å². The van der Waals surface area contributed by atoms with Gasteiger partial charge >= 0.3 is 0 Å². The number of carbonyl (C=O) groups excluding carboxylic acids is 1. The Morgan fingerprint density at radius 2 is 2.33 bits per heavy atom. The predicted octanol–water partition coefficient (Wildman–Crippen LogP) is 1.95. The molecule has 0 aliphatic heterocycles. The van der Waals surface area contributed by atoms with Crippen LogP contribution in [-0.4, -0.2) is 24.1 Å². The van der Waals surface area contributed by atoms with Crippen molar-refractivity contribution in [2.75, 3.05) is 13.7 Å². The number of hydrogen-bond acceptors (Lipinski definition) is 2. The number of hydrogen-bond donors (Lipinski definition) is 1. The molecule has 0 saturated heterocycles. The molecule has 1 amide bonds. The molecule has 1 N–H and O–H groups in total. The van der Waals surface area contributed by atoms with Gasteiger partial charge in [-0.25, -0.2) is 0 Å². The average Bonchev–Trinajstić information content (AvgIpc) is 2.79. The molecule has 1 aromatic carbocycles. The number of benzene rings is 1. The number of methoxy groups -OCH3 is 1. The van der Waals surface area contributed by atoms with E-state index in [-0.39, 0.29) is 5.91 Å². The summed E-state index contributed by atoms with van der Waals surface area (Å²) in [6.07, 6.45) is 3.55. The monoisotopic (exact) mass is 244 g/mol. The first-order valence-corrected chi connectivity index (χ1v) is 5.75. The molecule has 4 nitrogen and oxygen atoms in total. The van der Waals surface area contributed by atoms with Gasteiger partial charge in [0, 0.05) is 18.1 Å². The maximum Gasteiger partial charge on any atom is 0.240 e. The molecule has 2 rings (SSSR count). The minimum Gasteiger partial charge on any atom is -0.496 e. The molecule has 18 heavy (non-hydrogen) atoms. The normalized spacial score (nSPS) is 10.3. The van der Waals surface area contributed by atoms with Gasteiger partial charge in [0.05, 0.1) is 12.6 Å². The number of aromatic nitrogens is 1. The highest BCUT2D eigenvalue weighted by Crippen LogP contribution is 2.25. The third-order valence-electron chi connectivity index (χ3n) is 2.75. The summed E-state index contributed by atoms with van der Waals surface area (Å²) in [7, 11) is 1.64. The van der Waals surface area contributed by atoms with Crippen molar-refractivity contribution < 1.29 is 9.53 Å². The van der Waals surface area contributed by atoms with E-state index in [9.17, 15) is 4.79 Å². The van der Waals surface area contributed by atoms with Crippen LogP contribution in [0.1, 0.15) is 0 Å². The van der Waals surface area contributed by atoms with Crippen molar-refractivity contribution in [3.05, 3.63) is 43.1 Å². The molecule has 0 aliphatic carbocycles. The van der Waals surface area contributed by atoms with E-state index in [1.54, 1.807) is 13.2 Å². The van der Waals surface area contributed by atoms with Crippen LogP contribution in [-0.2, 0) is 11.3 Å². The van der Waals surface area contributed by atoms with E-state index in [2.05, 4.69) is 11.9 Å². The van der Waals surface area contributed by atoms with E-state index in [4.69, 9.17) is 4.74 Å². The van der Waals surface area contributed by atoms with Crippen LogP contribution in [0.5, 0.6) is 5.75 Å². The fourth-order valence-corrected chi connectivity index (χ4v) is 1.91. The Morgan fingerprint density at radius 3 is 3.06 bits per heavy atom. The number of rotatable bonds is 5. The Bertz CT molecular complexity index is 572. The van der Waals surface area contributed by atoms with Gasteiger partial charge in [-0.2, -0.15) is 0 Å².